The molecule has 0 aromatic heterocycles. The predicted octanol–water partition coefficient (Wildman–Crippen LogP) is 3.21. The third-order valence-corrected chi connectivity index (χ3v) is 3.48. The van der Waals surface area contributed by atoms with Crippen LogP contribution in [0.25, 0.3) is 0 Å². The van der Waals surface area contributed by atoms with Gasteiger partial charge in [0.15, 0.2) is 0 Å². The minimum Gasteiger partial charge on any atom is -0.367 e. The van der Waals surface area contributed by atoms with Gasteiger partial charge in [-0.15, -0.1) is 0 Å². The molecule has 1 aliphatic heterocycles. The van der Waals surface area contributed by atoms with Crippen LogP contribution in [0.1, 0.15) is 43.9 Å². The topological polar surface area (TPSA) is 21.3 Å². The highest BCUT2D eigenvalue weighted by Crippen LogP contribution is 2.27. The van der Waals surface area contributed by atoms with Gasteiger partial charge in [-0.3, -0.25) is 0 Å². The van der Waals surface area contributed by atoms with Gasteiger partial charge < -0.3 is 10.1 Å². The first-order valence-corrected chi connectivity index (χ1v) is 6.66. The van der Waals surface area contributed by atoms with E-state index in [0.29, 0.717) is 12.1 Å². The number of benzene rings is 1. The number of morpholine rings is 1. The molecule has 94 valence electrons. The summed E-state index contributed by atoms with van der Waals surface area (Å²) in [6.07, 6.45) is 2.88. The molecule has 1 fully saturated rings. The summed E-state index contributed by atoms with van der Waals surface area (Å²) in [5.41, 5.74) is 2.59. The first kappa shape index (κ1) is 12.6. The molecule has 0 bridgehead atoms. The molecule has 0 amide bonds. The summed E-state index contributed by atoms with van der Waals surface area (Å²) in [4.78, 5) is 0. The van der Waals surface area contributed by atoms with E-state index in [1.165, 1.54) is 17.5 Å². The van der Waals surface area contributed by atoms with Crippen LogP contribution >= 0.6 is 0 Å². The maximum atomic E-state index is 6.20. The Morgan fingerprint density at radius 3 is 2.65 bits per heavy atom. The highest BCUT2D eigenvalue weighted by Gasteiger charge is 2.28. The van der Waals surface area contributed by atoms with E-state index in [1.54, 1.807) is 0 Å². The van der Waals surface area contributed by atoms with Gasteiger partial charge in [-0.2, -0.15) is 0 Å². The number of hydrogen-bond acceptors (Lipinski definition) is 2. The normalized spacial score (nSPS) is 29.2. The van der Waals surface area contributed by atoms with E-state index in [2.05, 4.69) is 50.4 Å². The number of nitrogens with one attached hydrogen (secondary N) is 1. The second kappa shape index (κ2) is 5.65. The summed E-state index contributed by atoms with van der Waals surface area (Å²) >= 11 is 0. The lowest BCUT2D eigenvalue weighted by atomic mass is 9.99. The van der Waals surface area contributed by atoms with Gasteiger partial charge in [0.2, 0.25) is 0 Å². The van der Waals surface area contributed by atoms with E-state index in [-0.39, 0.29) is 6.10 Å². The first-order chi connectivity index (χ1) is 8.20. The average Bonchev–Trinajstić information content (AvgIpc) is 2.33. The Hall–Kier alpha value is -0.860. The molecule has 0 spiro atoms. The predicted molar refractivity (Wildman–Crippen MR) is 71.2 cm³/mol. The maximum absolute atomic E-state index is 6.20. The quantitative estimate of drug-likeness (QED) is 0.865. The molecule has 0 saturated carbocycles. The highest BCUT2D eigenvalue weighted by molar-refractivity contribution is 5.24. The van der Waals surface area contributed by atoms with Gasteiger partial charge in [0.1, 0.15) is 0 Å². The Labute approximate surface area is 104 Å². The maximum Gasteiger partial charge on any atom is 0.0979 e. The molecule has 17 heavy (non-hydrogen) atoms. The zero-order valence-electron chi connectivity index (χ0n) is 11.1. The van der Waals surface area contributed by atoms with Gasteiger partial charge >= 0.3 is 0 Å². The fourth-order valence-corrected chi connectivity index (χ4v) is 2.41. The van der Waals surface area contributed by atoms with Crippen LogP contribution in [0.3, 0.4) is 0 Å². The van der Waals surface area contributed by atoms with Gasteiger partial charge in [0, 0.05) is 12.6 Å². The van der Waals surface area contributed by atoms with Crippen molar-refractivity contribution in [2.75, 3.05) is 6.54 Å². The van der Waals surface area contributed by atoms with Crippen molar-refractivity contribution in [3.05, 3.63) is 35.4 Å². The number of rotatable bonds is 3. The molecular formula is C15H23NO. The van der Waals surface area contributed by atoms with E-state index >= 15 is 0 Å². The molecule has 1 aromatic carbocycles. The molecule has 3 unspecified atom stereocenters. The van der Waals surface area contributed by atoms with E-state index < -0.39 is 0 Å². The molecule has 1 heterocycles. The number of aryl methyl sites for hydroxylation is 1. The van der Waals surface area contributed by atoms with Gasteiger partial charge in [0.25, 0.3) is 0 Å². The van der Waals surface area contributed by atoms with Crippen molar-refractivity contribution in [1.82, 2.24) is 5.32 Å². The Balaban J connectivity index is 2.09. The fourth-order valence-electron chi connectivity index (χ4n) is 2.41. The molecule has 1 aromatic rings. The van der Waals surface area contributed by atoms with E-state index in [1.807, 2.05) is 0 Å². The van der Waals surface area contributed by atoms with Crippen molar-refractivity contribution in [3.63, 3.8) is 0 Å². The third kappa shape index (κ3) is 3.08. The molecular weight excluding hydrogens is 210 g/mol. The average molecular weight is 233 g/mol. The highest BCUT2D eigenvalue weighted by atomic mass is 16.5. The minimum absolute atomic E-state index is 0.195. The van der Waals surface area contributed by atoms with Gasteiger partial charge in [-0.25, -0.2) is 0 Å². The Morgan fingerprint density at radius 2 is 2.00 bits per heavy atom. The van der Waals surface area contributed by atoms with Crippen molar-refractivity contribution in [2.45, 2.75) is 51.9 Å². The summed E-state index contributed by atoms with van der Waals surface area (Å²) in [5, 5.41) is 3.56. The van der Waals surface area contributed by atoms with E-state index in [4.69, 9.17) is 4.74 Å². The van der Waals surface area contributed by atoms with Gasteiger partial charge in [0.05, 0.1) is 12.2 Å². The molecule has 1 N–H and O–H groups in total. The van der Waals surface area contributed by atoms with Crippen molar-refractivity contribution in [2.24, 2.45) is 0 Å². The SMILES string of the molecule is CCCC1CNC(C)C(c2ccc(C)cc2)O1. The molecule has 2 nitrogen and oxygen atoms in total. The summed E-state index contributed by atoms with van der Waals surface area (Å²) in [7, 11) is 0. The molecule has 0 radical (unpaired) electrons. The Kier molecular flexibility index (Phi) is 4.19. The monoisotopic (exact) mass is 233 g/mol. The second-order valence-electron chi connectivity index (χ2n) is 5.07. The van der Waals surface area contributed by atoms with Crippen molar-refractivity contribution < 1.29 is 4.74 Å². The molecule has 0 aliphatic carbocycles. The van der Waals surface area contributed by atoms with Gasteiger partial charge in [-0.05, 0) is 25.8 Å². The van der Waals surface area contributed by atoms with Crippen LogP contribution in [0.4, 0.5) is 0 Å². The van der Waals surface area contributed by atoms with Crippen LogP contribution in [0.5, 0.6) is 0 Å². The zero-order valence-corrected chi connectivity index (χ0v) is 11.1. The first-order valence-electron chi connectivity index (χ1n) is 6.66. The minimum atomic E-state index is 0.195. The van der Waals surface area contributed by atoms with Crippen molar-refractivity contribution >= 4 is 0 Å². The van der Waals surface area contributed by atoms with Crippen LogP contribution in [-0.4, -0.2) is 18.7 Å². The lowest BCUT2D eigenvalue weighted by Crippen LogP contribution is -2.46. The van der Waals surface area contributed by atoms with Gasteiger partial charge in [-0.1, -0.05) is 43.2 Å². The third-order valence-electron chi connectivity index (χ3n) is 3.48. The second-order valence-corrected chi connectivity index (χ2v) is 5.07. The molecule has 2 heteroatoms. The lowest BCUT2D eigenvalue weighted by Gasteiger charge is -2.36. The fraction of sp³-hybridized carbons (Fsp3) is 0.600. The van der Waals surface area contributed by atoms with Crippen LogP contribution in [0.15, 0.2) is 24.3 Å². The van der Waals surface area contributed by atoms with Crippen LogP contribution in [0, 0.1) is 6.92 Å². The Bertz CT molecular complexity index is 346. The summed E-state index contributed by atoms with van der Waals surface area (Å²) < 4.78 is 6.20. The number of hydrogen-bond donors (Lipinski definition) is 1. The molecule has 2 rings (SSSR count). The summed E-state index contributed by atoms with van der Waals surface area (Å²) in [5.74, 6) is 0. The zero-order chi connectivity index (χ0) is 12.3. The summed E-state index contributed by atoms with van der Waals surface area (Å²) in [6.45, 7) is 7.51. The van der Waals surface area contributed by atoms with Crippen LogP contribution in [0.2, 0.25) is 0 Å². The largest absolute Gasteiger partial charge is 0.367 e. The van der Waals surface area contributed by atoms with Crippen molar-refractivity contribution in [3.8, 4) is 0 Å². The van der Waals surface area contributed by atoms with E-state index in [9.17, 15) is 0 Å². The number of ether oxygens (including phenoxy) is 1. The van der Waals surface area contributed by atoms with E-state index in [0.717, 1.165) is 13.0 Å². The van der Waals surface area contributed by atoms with Crippen molar-refractivity contribution in [1.29, 1.82) is 0 Å². The van der Waals surface area contributed by atoms with Crippen LogP contribution in [-0.2, 0) is 4.74 Å². The molecule has 1 aliphatic rings. The lowest BCUT2D eigenvalue weighted by molar-refractivity contribution is -0.0644. The molecule has 3 atom stereocenters. The molecule has 1 saturated heterocycles. The summed E-state index contributed by atoms with van der Waals surface area (Å²) in [6, 6.07) is 9.09. The Morgan fingerprint density at radius 1 is 1.29 bits per heavy atom. The smallest absolute Gasteiger partial charge is 0.0979 e. The van der Waals surface area contributed by atoms with Crippen LogP contribution < -0.4 is 5.32 Å². The standard InChI is InChI=1S/C15H23NO/c1-4-5-14-10-16-12(3)15(17-14)13-8-6-11(2)7-9-13/h6-9,12,14-16H,4-5,10H2,1-3H3.